The third-order valence-electron chi connectivity index (χ3n) is 4.32. The summed E-state index contributed by atoms with van der Waals surface area (Å²) in [5.41, 5.74) is 0. The van der Waals surface area contributed by atoms with Gasteiger partial charge in [0.25, 0.3) is 0 Å². The fourth-order valence-electron chi connectivity index (χ4n) is 3.02. The Morgan fingerprint density at radius 1 is 1.12 bits per heavy atom. The SMILES string of the molecule is O=C(CCNC(=O)[C@@H]1CCCN1)NCC(=O)N1CCC[C@@H]1C(=O)O. The van der Waals surface area contributed by atoms with Gasteiger partial charge in [0, 0.05) is 19.5 Å². The molecule has 0 aromatic heterocycles. The van der Waals surface area contributed by atoms with E-state index in [0.29, 0.717) is 19.4 Å². The molecule has 134 valence electrons. The smallest absolute Gasteiger partial charge is 0.326 e. The van der Waals surface area contributed by atoms with Crippen LogP contribution in [0.5, 0.6) is 0 Å². The summed E-state index contributed by atoms with van der Waals surface area (Å²) in [6, 6.07) is -0.981. The molecule has 9 heteroatoms. The van der Waals surface area contributed by atoms with Crippen LogP contribution in [0, 0.1) is 0 Å². The lowest BCUT2D eigenvalue weighted by molar-refractivity contribution is -0.148. The molecule has 0 spiro atoms. The standard InChI is InChI=1S/C15H24N4O5/c20-12(5-7-17-14(22)10-3-1-6-16-10)18-9-13(21)19-8-2-4-11(19)15(23)24/h10-11,16H,1-9H2,(H,17,22)(H,18,20)(H,23,24)/t10-,11+/m0/s1. The highest BCUT2D eigenvalue weighted by Crippen LogP contribution is 2.17. The molecule has 0 unspecified atom stereocenters. The minimum absolute atomic E-state index is 0.0775. The van der Waals surface area contributed by atoms with Crippen LogP contribution in [0.4, 0.5) is 0 Å². The molecule has 0 saturated carbocycles. The lowest BCUT2D eigenvalue weighted by atomic mass is 10.2. The number of carboxylic acid groups (broad SMARTS) is 1. The van der Waals surface area contributed by atoms with E-state index in [2.05, 4.69) is 16.0 Å². The average Bonchev–Trinajstić information content (AvgIpc) is 3.23. The number of aliphatic carboxylic acids is 1. The molecule has 0 aromatic rings. The second-order valence-corrected chi connectivity index (χ2v) is 6.05. The molecule has 2 saturated heterocycles. The molecule has 4 N–H and O–H groups in total. The Balaban J connectivity index is 1.63. The molecule has 2 rings (SSSR count). The topological polar surface area (TPSA) is 128 Å². The summed E-state index contributed by atoms with van der Waals surface area (Å²) in [7, 11) is 0. The summed E-state index contributed by atoms with van der Waals surface area (Å²) in [6.07, 6.45) is 2.93. The summed E-state index contributed by atoms with van der Waals surface area (Å²) in [5.74, 6) is -1.88. The van der Waals surface area contributed by atoms with Gasteiger partial charge < -0.3 is 26.0 Å². The van der Waals surface area contributed by atoms with Crippen molar-refractivity contribution in [3.8, 4) is 0 Å². The van der Waals surface area contributed by atoms with E-state index in [1.54, 1.807) is 0 Å². The zero-order chi connectivity index (χ0) is 17.5. The second-order valence-electron chi connectivity index (χ2n) is 6.05. The molecular weight excluding hydrogens is 316 g/mol. The number of nitrogens with one attached hydrogen (secondary N) is 3. The summed E-state index contributed by atoms with van der Waals surface area (Å²) >= 11 is 0. The normalized spacial score (nSPS) is 23.1. The highest BCUT2D eigenvalue weighted by molar-refractivity contribution is 5.88. The Hall–Kier alpha value is -2.16. The number of likely N-dealkylation sites (tertiary alicyclic amines) is 1. The van der Waals surface area contributed by atoms with Crippen LogP contribution in [0.1, 0.15) is 32.1 Å². The number of carboxylic acids is 1. The summed E-state index contributed by atoms with van der Waals surface area (Å²) < 4.78 is 0. The van der Waals surface area contributed by atoms with Crippen LogP contribution >= 0.6 is 0 Å². The monoisotopic (exact) mass is 340 g/mol. The van der Waals surface area contributed by atoms with Gasteiger partial charge in [0.15, 0.2) is 0 Å². The van der Waals surface area contributed by atoms with Crippen LogP contribution in [0.25, 0.3) is 0 Å². The summed E-state index contributed by atoms with van der Waals surface area (Å²) in [4.78, 5) is 47.8. The number of carbonyl (C=O) groups is 4. The second kappa shape index (κ2) is 8.62. The molecule has 0 radical (unpaired) electrons. The molecule has 2 aliphatic rings. The van der Waals surface area contributed by atoms with Crippen molar-refractivity contribution in [3.05, 3.63) is 0 Å². The maximum atomic E-state index is 12.0. The van der Waals surface area contributed by atoms with Gasteiger partial charge in [-0.25, -0.2) is 4.79 Å². The first-order chi connectivity index (χ1) is 11.5. The van der Waals surface area contributed by atoms with E-state index in [1.807, 2.05) is 0 Å². The highest BCUT2D eigenvalue weighted by Gasteiger charge is 2.33. The van der Waals surface area contributed by atoms with Gasteiger partial charge in [0.05, 0.1) is 12.6 Å². The van der Waals surface area contributed by atoms with Gasteiger partial charge in [0.2, 0.25) is 17.7 Å². The Labute approximate surface area is 140 Å². The molecule has 3 amide bonds. The third kappa shape index (κ3) is 4.92. The molecular formula is C15H24N4O5. The molecule has 0 aromatic carbocycles. The Bertz CT molecular complexity index is 504. The van der Waals surface area contributed by atoms with Crippen LogP contribution in [-0.2, 0) is 19.2 Å². The quantitative estimate of drug-likeness (QED) is 0.444. The Morgan fingerprint density at radius 2 is 1.92 bits per heavy atom. The van der Waals surface area contributed by atoms with E-state index in [1.165, 1.54) is 4.90 Å². The highest BCUT2D eigenvalue weighted by atomic mass is 16.4. The largest absolute Gasteiger partial charge is 0.480 e. The molecule has 0 aliphatic carbocycles. The molecule has 2 aliphatic heterocycles. The first-order valence-electron chi connectivity index (χ1n) is 8.29. The van der Waals surface area contributed by atoms with Crippen molar-refractivity contribution in [3.63, 3.8) is 0 Å². The average molecular weight is 340 g/mol. The van der Waals surface area contributed by atoms with Gasteiger partial charge in [-0.05, 0) is 32.2 Å². The van der Waals surface area contributed by atoms with Crippen molar-refractivity contribution in [2.75, 3.05) is 26.2 Å². The lowest BCUT2D eigenvalue weighted by Gasteiger charge is -2.21. The molecule has 2 atom stereocenters. The lowest BCUT2D eigenvalue weighted by Crippen LogP contribution is -2.46. The molecule has 24 heavy (non-hydrogen) atoms. The Morgan fingerprint density at radius 3 is 2.58 bits per heavy atom. The van der Waals surface area contributed by atoms with Gasteiger partial charge in [0.1, 0.15) is 6.04 Å². The maximum absolute atomic E-state index is 12.0. The van der Waals surface area contributed by atoms with E-state index in [4.69, 9.17) is 5.11 Å². The number of nitrogens with zero attached hydrogens (tertiary/aromatic N) is 1. The van der Waals surface area contributed by atoms with E-state index in [-0.39, 0.29) is 37.4 Å². The van der Waals surface area contributed by atoms with Crippen molar-refractivity contribution in [1.29, 1.82) is 0 Å². The van der Waals surface area contributed by atoms with Gasteiger partial charge in [-0.2, -0.15) is 0 Å². The number of carbonyl (C=O) groups excluding carboxylic acids is 3. The minimum atomic E-state index is -1.02. The fourth-order valence-corrected chi connectivity index (χ4v) is 3.02. The summed E-state index contributed by atoms with van der Waals surface area (Å²) in [5, 5.41) is 17.3. The number of amides is 3. The van der Waals surface area contributed by atoms with Crippen LogP contribution < -0.4 is 16.0 Å². The van der Waals surface area contributed by atoms with Crippen molar-refractivity contribution in [1.82, 2.24) is 20.9 Å². The Kier molecular flexibility index (Phi) is 6.53. The zero-order valence-electron chi connectivity index (χ0n) is 13.5. The fraction of sp³-hybridized carbons (Fsp3) is 0.733. The van der Waals surface area contributed by atoms with Gasteiger partial charge in [-0.3, -0.25) is 14.4 Å². The van der Waals surface area contributed by atoms with E-state index in [9.17, 15) is 19.2 Å². The van der Waals surface area contributed by atoms with Gasteiger partial charge >= 0.3 is 5.97 Å². The van der Waals surface area contributed by atoms with Crippen molar-refractivity contribution < 1.29 is 24.3 Å². The van der Waals surface area contributed by atoms with Gasteiger partial charge in [-0.15, -0.1) is 0 Å². The van der Waals surface area contributed by atoms with Crippen molar-refractivity contribution >= 4 is 23.7 Å². The van der Waals surface area contributed by atoms with Gasteiger partial charge in [-0.1, -0.05) is 0 Å². The maximum Gasteiger partial charge on any atom is 0.326 e. The molecule has 9 nitrogen and oxygen atoms in total. The summed E-state index contributed by atoms with van der Waals surface area (Å²) in [6.45, 7) is 1.21. The number of rotatable bonds is 7. The molecule has 0 bridgehead atoms. The number of hydrogen-bond acceptors (Lipinski definition) is 5. The van der Waals surface area contributed by atoms with Crippen LogP contribution in [-0.4, -0.2) is 72.0 Å². The third-order valence-corrected chi connectivity index (χ3v) is 4.32. The predicted molar refractivity (Wildman–Crippen MR) is 84.0 cm³/mol. The zero-order valence-corrected chi connectivity index (χ0v) is 13.5. The number of hydrogen-bond donors (Lipinski definition) is 4. The predicted octanol–water partition coefficient (Wildman–Crippen LogP) is -1.56. The van der Waals surface area contributed by atoms with Crippen LogP contribution in [0.2, 0.25) is 0 Å². The van der Waals surface area contributed by atoms with E-state index in [0.717, 1.165) is 19.4 Å². The van der Waals surface area contributed by atoms with Crippen LogP contribution in [0.15, 0.2) is 0 Å². The first-order valence-corrected chi connectivity index (χ1v) is 8.29. The molecule has 2 heterocycles. The van der Waals surface area contributed by atoms with Crippen molar-refractivity contribution in [2.45, 2.75) is 44.2 Å². The first kappa shape index (κ1) is 18.2. The van der Waals surface area contributed by atoms with Crippen LogP contribution in [0.3, 0.4) is 0 Å². The molecule has 2 fully saturated rings. The van der Waals surface area contributed by atoms with E-state index >= 15 is 0 Å². The minimum Gasteiger partial charge on any atom is -0.480 e. The van der Waals surface area contributed by atoms with E-state index < -0.39 is 17.9 Å². The van der Waals surface area contributed by atoms with Crippen molar-refractivity contribution in [2.24, 2.45) is 0 Å².